The first-order chi connectivity index (χ1) is 13.8. The number of hydrogen-bond donors (Lipinski definition) is 1. The number of nitrogens with one attached hydrogen (secondary N) is 1. The van der Waals surface area contributed by atoms with Gasteiger partial charge in [-0.25, -0.2) is 17.5 Å². The highest BCUT2D eigenvalue weighted by molar-refractivity contribution is 7.88. The molecular weight excluding hydrogens is 393 g/mol. The molecule has 1 saturated carbocycles. The first kappa shape index (κ1) is 22.2. The van der Waals surface area contributed by atoms with Crippen LogP contribution in [0, 0.1) is 5.82 Å². The normalized spacial score (nSPS) is 19.9. The van der Waals surface area contributed by atoms with Gasteiger partial charge in [-0.2, -0.15) is 0 Å². The molecule has 1 aromatic carbocycles. The van der Waals surface area contributed by atoms with Gasteiger partial charge in [-0.1, -0.05) is 31.4 Å². The van der Waals surface area contributed by atoms with Crippen LogP contribution < -0.4 is 4.72 Å². The van der Waals surface area contributed by atoms with Crippen molar-refractivity contribution in [3.8, 4) is 0 Å². The topological polar surface area (TPSA) is 69.7 Å². The second-order valence-electron chi connectivity index (χ2n) is 8.38. The number of rotatable bonds is 7. The molecule has 0 spiro atoms. The van der Waals surface area contributed by atoms with Crippen LogP contribution in [0.3, 0.4) is 0 Å². The summed E-state index contributed by atoms with van der Waals surface area (Å²) in [6.45, 7) is 2.27. The Morgan fingerprint density at radius 3 is 2.31 bits per heavy atom. The van der Waals surface area contributed by atoms with Gasteiger partial charge in [0.05, 0.1) is 12.8 Å². The van der Waals surface area contributed by atoms with Crippen LogP contribution >= 0.6 is 0 Å². The van der Waals surface area contributed by atoms with Crippen LogP contribution in [0.25, 0.3) is 0 Å². The van der Waals surface area contributed by atoms with E-state index >= 15 is 0 Å². The molecule has 3 rings (SSSR count). The first-order valence-electron chi connectivity index (χ1n) is 10.5. The summed E-state index contributed by atoms with van der Waals surface area (Å²) in [6.07, 6.45) is 8.14. The number of benzene rings is 1. The van der Waals surface area contributed by atoms with Gasteiger partial charge in [-0.05, 0) is 43.4 Å². The van der Waals surface area contributed by atoms with Gasteiger partial charge >= 0.3 is 0 Å². The summed E-state index contributed by atoms with van der Waals surface area (Å²) in [4.78, 5) is 17.3. The largest absolute Gasteiger partial charge is 0.334 e. The molecule has 1 N–H and O–H groups in total. The Hall–Kier alpha value is -1.51. The first-order valence-corrected chi connectivity index (χ1v) is 12.4. The van der Waals surface area contributed by atoms with Crippen molar-refractivity contribution in [1.29, 1.82) is 0 Å². The highest BCUT2D eigenvalue weighted by atomic mass is 32.2. The highest BCUT2D eigenvalue weighted by Gasteiger charge is 2.28. The smallest absolute Gasteiger partial charge is 0.237 e. The van der Waals surface area contributed by atoms with Crippen molar-refractivity contribution >= 4 is 15.9 Å². The lowest BCUT2D eigenvalue weighted by atomic mass is 9.93. The van der Waals surface area contributed by atoms with Crippen molar-refractivity contribution in [2.75, 3.05) is 25.9 Å². The van der Waals surface area contributed by atoms with Crippen LogP contribution in [0.1, 0.15) is 50.5 Å². The van der Waals surface area contributed by atoms with E-state index in [9.17, 15) is 17.6 Å². The van der Waals surface area contributed by atoms with Gasteiger partial charge in [-0.15, -0.1) is 0 Å². The summed E-state index contributed by atoms with van der Waals surface area (Å²) in [5, 5.41) is 0. The zero-order valence-corrected chi connectivity index (χ0v) is 18.0. The van der Waals surface area contributed by atoms with Crippen molar-refractivity contribution in [3.63, 3.8) is 0 Å². The fourth-order valence-electron chi connectivity index (χ4n) is 4.39. The van der Waals surface area contributed by atoms with E-state index in [1.54, 1.807) is 12.1 Å². The van der Waals surface area contributed by atoms with Gasteiger partial charge in [0, 0.05) is 31.7 Å². The molecule has 1 aromatic rings. The molecule has 1 amide bonds. The predicted octanol–water partition coefficient (Wildman–Crippen LogP) is 2.50. The standard InChI is InChI=1S/C21H32FN3O3S/c1-29(27,28)23-19-11-13-24(14-12-19)16-21(26)25(20-5-3-2-4-6-20)15-17-7-9-18(22)10-8-17/h7-10,19-20,23H,2-6,11-16H2,1H3. The average Bonchev–Trinajstić information content (AvgIpc) is 2.68. The zero-order chi connectivity index (χ0) is 20.9. The Morgan fingerprint density at radius 1 is 1.10 bits per heavy atom. The SMILES string of the molecule is CS(=O)(=O)NC1CCN(CC(=O)N(Cc2ccc(F)cc2)C2CCCCC2)CC1. The number of carbonyl (C=O) groups is 1. The van der Waals surface area contributed by atoms with Gasteiger partial charge in [-0.3, -0.25) is 9.69 Å². The summed E-state index contributed by atoms with van der Waals surface area (Å²) >= 11 is 0. The second-order valence-corrected chi connectivity index (χ2v) is 10.2. The highest BCUT2D eigenvalue weighted by Crippen LogP contribution is 2.25. The van der Waals surface area contributed by atoms with Gasteiger partial charge in [0.2, 0.25) is 15.9 Å². The molecule has 0 atom stereocenters. The summed E-state index contributed by atoms with van der Waals surface area (Å²) < 4.78 is 38.7. The molecule has 1 aliphatic carbocycles. The maximum Gasteiger partial charge on any atom is 0.237 e. The van der Waals surface area contributed by atoms with Crippen LogP contribution in [-0.2, 0) is 21.4 Å². The summed E-state index contributed by atoms with van der Waals surface area (Å²) in [5.74, 6) is -0.161. The van der Waals surface area contributed by atoms with Gasteiger partial charge in [0.25, 0.3) is 0 Å². The lowest BCUT2D eigenvalue weighted by Gasteiger charge is -2.37. The number of hydrogen-bond acceptors (Lipinski definition) is 4. The maximum atomic E-state index is 13.3. The minimum absolute atomic E-state index is 0.0509. The molecule has 0 unspecified atom stereocenters. The summed E-state index contributed by atoms with van der Waals surface area (Å²) in [7, 11) is -3.20. The van der Waals surface area contributed by atoms with Crippen molar-refractivity contribution in [2.45, 2.75) is 63.6 Å². The Bertz CT molecular complexity index is 771. The number of carbonyl (C=O) groups excluding carboxylic acids is 1. The summed E-state index contributed by atoms with van der Waals surface area (Å²) in [5.41, 5.74) is 0.946. The lowest BCUT2D eigenvalue weighted by Crippen LogP contribution is -2.49. The fourth-order valence-corrected chi connectivity index (χ4v) is 5.24. The molecule has 1 aliphatic heterocycles. The molecule has 1 saturated heterocycles. The molecule has 0 aromatic heterocycles. The van der Waals surface area contributed by atoms with Crippen molar-refractivity contribution in [1.82, 2.24) is 14.5 Å². The van der Waals surface area contributed by atoms with E-state index in [0.29, 0.717) is 39.0 Å². The van der Waals surface area contributed by atoms with Gasteiger partial charge < -0.3 is 4.90 Å². The monoisotopic (exact) mass is 425 g/mol. The number of amides is 1. The molecular formula is C21H32FN3O3S. The van der Waals surface area contributed by atoms with Gasteiger partial charge in [0.1, 0.15) is 5.82 Å². The van der Waals surface area contributed by atoms with E-state index in [4.69, 9.17) is 0 Å². The maximum absolute atomic E-state index is 13.3. The van der Waals surface area contributed by atoms with Crippen LogP contribution in [-0.4, -0.2) is 62.1 Å². The van der Waals surface area contributed by atoms with Crippen LogP contribution in [0.4, 0.5) is 4.39 Å². The van der Waals surface area contributed by atoms with E-state index < -0.39 is 10.0 Å². The van der Waals surface area contributed by atoms with Crippen LogP contribution in [0.2, 0.25) is 0 Å². The van der Waals surface area contributed by atoms with Crippen LogP contribution in [0.15, 0.2) is 24.3 Å². The minimum Gasteiger partial charge on any atom is -0.334 e. The van der Waals surface area contributed by atoms with Crippen molar-refractivity contribution in [2.24, 2.45) is 0 Å². The molecule has 0 bridgehead atoms. The molecule has 2 fully saturated rings. The summed E-state index contributed by atoms with van der Waals surface area (Å²) in [6, 6.07) is 6.58. The van der Waals surface area contributed by atoms with Crippen molar-refractivity contribution in [3.05, 3.63) is 35.6 Å². The van der Waals surface area contributed by atoms with E-state index in [2.05, 4.69) is 9.62 Å². The third kappa shape index (κ3) is 7.04. The molecule has 8 heteroatoms. The zero-order valence-electron chi connectivity index (χ0n) is 17.1. The predicted molar refractivity (Wildman–Crippen MR) is 111 cm³/mol. The number of halogens is 1. The number of sulfonamides is 1. The van der Waals surface area contributed by atoms with E-state index in [1.165, 1.54) is 24.8 Å². The quantitative estimate of drug-likeness (QED) is 0.729. The number of nitrogens with zero attached hydrogens (tertiary/aromatic N) is 2. The van der Waals surface area contributed by atoms with E-state index in [-0.39, 0.29) is 23.8 Å². The number of piperidine rings is 1. The minimum atomic E-state index is -3.20. The van der Waals surface area contributed by atoms with E-state index in [1.807, 2.05) is 4.90 Å². The Kier molecular flexibility index (Phi) is 7.65. The van der Waals surface area contributed by atoms with E-state index in [0.717, 1.165) is 31.2 Å². The Labute approximate surface area is 173 Å². The molecule has 162 valence electrons. The molecule has 0 radical (unpaired) electrons. The third-order valence-corrected chi connectivity index (χ3v) is 6.69. The molecule has 6 nitrogen and oxygen atoms in total. The Balaban J connectivity index is 1.60. The van der Waals surface area contributed by atoms with Crippen LogP contribution in [0.5, 0.6) is 0 Å². The molecule has 1 heterocycles. The average molecular weight is 426 g/mol. The second kappa shape index (κ2) is 10.00. The Morgan fingerprint density at radius 2 is 1.72 bits per heavy atom. The lowest BCUT2D eigenvalue weighted by molar-refractivity contribution is -0.136. The van der Waals surface area contributed by atoms with Crippen molar-refractivity contribution < 1.29 is 17.6 Å². The molecule has 2 aliphatic rings. The number of likely N-dealkylation sites (tertiary alicyclic amines) is 1. The third-order valence-electron chi connectivity index (χ3n) is 5.93. The van der Waals surface area contributed by atoms with Gasteiger partial charge in [0.15, 0.2) is 0 Å². The fraction of sp³-hybridized carbons (Fsp3) is 0.667. The molecule has 29 heavy (non-hydrogen) atoms.